The van der Waals surface area contributed by atoms with E-state index in [2.05, 4.69) is 0 Å². The van der Waals surface area contributed by atoms with Crippen LogP contribution in [0, 0.1) is 11.6 Å². The number of Topliss-reactive ketones (excluding diaryl/α,β-unsaturated/α-hetero) is 1. The number of hydrogen-bond acceptors (Lipinski definition) is 2. The summed E-state index contributed by atoms with van der Waals surface area (Å²) in [6, 6.07) is 2.21. The molecule has 19 heavy (non-hydrogen) atoms. The van der Waals surface area contributed by atoms with E-state index in [0.717, 1.165) is 18.2 Å². The highest BCUT2D eigenvalue weighted by Crippen LogP contribution is 2.30. The third kappa shape index (κ3) is 2.57. The van der Waals surface area contributed by atoms with Crippen molar-refractivity contribution in [3.05, 3.63) is 35.4 Å². The number of benzene rings is 1. The first kappa shape index (κ1) is 13.5. The molecule has 0 aliphatic carbocycles. The molecule has 0 saturated carbocycles. The Kier molecular flexibility index (Phi) is 3.50. The lowest BCUT2D eigenvalue weighted by Gasteiger charge is -2.18. The van der Waals surface area contributed by atoms with E-state index in [1.807, 2.05) is 0 Å². The van der Waals surface area contributed by atoms with Gasteiger partial charge in [-0.15, -0.1) is 0 Å². The molecule has 2 amide bonds. The van der Waals surface area contributed by atoms with E-state index in [1.54, 1.807) is 0 Å². The lowest BCUT2D eigenvalue weighted by molar-refractivity contribution is -0.117. The van der Waals surface area contributed by atoms with Gasteiger partial charge >= 0.3 is 6.03 Å². The standard InChI is InChI=1S/C13H14F2N2O2/c1-8(18)6-17-7-12(16(2)13(17)19)10-5-9(14)3-4-11(10)15/h3-5,12H,6-7H2,1-2H3. The van der Waals surface area contributed by atoms with Gasteiger partial charge in [0.25, 0.3) is 0 Å². The molecule has 0 spiro atoms. The van der Waals surface area contributed by atoms with Crippen LogP contribution in [0.25, 0.3) is 0 Å². The average Bonchev–Trinajstić information content (AvgIpc) is 2.60. The van der Waals surface area contributed by atoms with Crippen LogP contribution in [0.1, 0.15) is 18.5 Å². The molecule has 1 atom stereocenters. The molecule has 0 radical (unpaired) electrons. The number of amides is 2. The fourth-order valence-electron chi connectivity index (χ4n) is 2.24. The van der Waals surface area contributed by atoms with Crippen LogP contribution in [0.15, 0.2) is 18.2 Å². The Morgan fingerprint density at radius 1 is 1.42 bits per heavy atom. The number of nitrogens with zero attached hydrogens (tertiary/aromatic N) is 2. The van der Waals surface area contributed by atoms with E-state index in [4.69, 9.17) is 0 Å². The summed E-state index contributed by atoms with van der Waals surface area (Å²) in [6.07, 6.45) is 0. The minimum absolute atomic E-state index is 0.0173. The molecular formula is C13H14F2N2O2. The zero-order chi connectivity index (χ0) is 14.2. The van der Waals surface area contributed by atoms with E-state index in [9.17, 15) is 18.4 Å². The third-order valence-electron chi connectivity index (χ3n) is 3.16. The van der Waals surface area contributed by atoms with Crippen molar-refractivity contribution in [2.24, 2.45) is 0 Å². The summed E-state index contributed by atoms with van der Waals surface area (Å²) in [5.74, 6) is -1.26. The lowest BCUT2D eigenvalue weighted by atomic mass is 10.1. The second kappa shape index (κ2) is 4.95. The number of ketones is 1. The van der Waals surface area contributed by atoms with Crippen molar-refractivity contribution in [3.63, 3.8) is 0 Å². The molecular weight excluding hydrogens is 254 g/mol. The number of halogens is 2. The molecule has 1 aromatic carbocycles. The Hall–Kier alpha value is -1.98. The van der Waals surface area contributed by atoms with Crippen molar-refractivity contribution < 1.29 is 18.4 Å². The van der Waals surface area contributed by atoms with Crippen molar-refractivity contribution in [2.45, 2.75) is 13.0 Å². The Labute approximate surface area is 109 Å². The summed E-state index contributed by atoms with van der Waals surface area (Å²) in [7, 11) is 1.51. The maximum Gasteiger partial charge on any atom is 0.320 e. The largest absolute Gasteiger partial charge is 0.320 e. The molecule has 1 fully saturated rings. The quantitative estimate of drug-likeness (QED) is 0.840. The van der Waals surface area contributed by atoms with Crippen LogP contribution in [-0.2, 0) is 4.79 Å². The fraction of sp³-hybridized carbons (Fsp3) is 0.385. The van der Waals surface area contributed by atoms with E-state index in [-0.39, 0.29) is 30.5 Å². The molecule has 1 aliphatic rings. The second-order valence-corrected chi connectivity index (χ2v) is 4.66. The van der Waals surface area contributed by atoms with Crippen molar-refractivity contribution in [1.82, 2.24) is 9.80 Å². The number of rotatable bonds is 3. The molecule has 1 unspecified atom stereocenters. The number of carbonyl (C=O) groups excluding carboxylic acids is 2. The molecule has 4 nitrogen and oxygen atoms in total. The monoisotopic (exact) mass is 268 g/mol. The number of hydrogen-bond donors (Lipinski definition) is 0. The van der Waals surface area contributed by atoms with Crippen molar-refractivity contribution >= 4 is 11.8 Å². The molecule has 0 N–H and O–H groups in total. The second-order valence-electron chi connectivity index (χ2n) is 4.66. The van der Waals surface area contributed by atoms with Crippen LogP contribution in [-0.4, -0.2) is 41.8 Å². The van der Waals surface area contributed by atoms with Crippen molar-refractivity contribution in [2.75, 3.05) is 20.1 Å². The third-order valence-corrected chi connectivity index (χ3v) is 3.16. The maximum atomic E-state index is 13.7. The summed E-state index contributed by atoms with van der Waals surface area (Å²) >= 11 is 0. The highest BCUT2D eigenvalue weighted by atomic mass is 19.1. The Bertz CT molecular complexity index is 533. The van der Waals surface area contributed by atoms with Crippen LogP contribution >= 0.6 is 0 Å². The van der Waals surface area contributed by atoms with Crippen LogP contribution < -0.4 is 0 Å². The SMILES string of the molecule is CC(=O)CN1CC(c2cc(F)ccc2F)N(C)C1=O. The topological polar surface area (TPSA) is 40.6 Å². The van der Waals surface area contributed by atoms with E-state index >= 15 is 0 Å². The summed E-state index contributed by atoms with van der Waals surface area (Å²) in [5, 5.41) is 0. The maximum absolute atomic E-state index is 13.7. The van der Waals surface area contributed by atoms with Crippen LogP contribution in [0.4, 0.5) is 13.6 Å². The van der Waals surface area contributed by atoms with E-state index in [1.165, 1.54) is 23.8 Å². The van der Waals surface area contributed by atoms with Gasteiger partial charge in [-0.2, -0.15) is 0 Å². The summed E-state index contributed by atoms with van der Waals surface area (Å²) in [5.41, 5.74) is 0.127. The Balaban J connectivity index is 2.28. The molecule has 102 valence electrons. The normalized spacial score (nSPS) is 19.2. The Morgan fingerprint density at radius 3 is 2.74 bits per heavy atom. The minimum Gasteiger partial charge on any atom is -0.319 e. The van der Waals surface area contributed by atoms with Crippen molar-refractivity contribution in [3.8, 4) is 0 Å². The van der Waals surface area contributed by atoms with Gasteiger partial charge in [-0.25, -0.2) is 13.6 Å². The van der Waals surface area contributed by atoms with Gasteiger partial charge in [-0.1, -0.05) is 0 Å². The Morgan fingerprint density at radius 2 is 2.11 bits per heavy atom. The summed E-state index contributed by atoms with van der Waals surface area (Å²) in [4.78, 5) is 25.6. The molecule has 0 aromatic heterocycles. The molecule has 1 aliphatic heterocycles. The highest BCUT2D eigenvalue weighted by molar-refractivity contribution is 5.85. The van der Waals surface area contributed by atoms with Crippen LogP contribution in [0.2, 0.25) is 0 Å². The predicted octanol–water partition coefficient (Wildman–Crippen LogP) is 1.96. The van der Waals surface area contributed by atoms with Gasteiger partial charge < -0.3 is 9.80 Å². The smallest absolute Gasteiger partial charge is 0.319 e. The van der Waals surface area contributed by atoms with Crippen LogP contribution in [0.3, 0.4) is 0 Å². The number of likely N-dealkylation sites (N-methyl/N-ethyl adjacent to an activating group) is 1. The number of carbonyl (C=O) groups is 2. The zero-order valence-corrected chi connectivity index (χ0v) is 10.7. The van der Waals surface area contributed by atoms with Gasteiger partial charge in [-0.05, 0) is 25.1 Å². The van der Waals surface area contributed by atoms with Crippen LogP contribution in [0.5, 0.6) is 0 Å². The van der Waals surface area contributed by atoms with E-state index in [0.29, 0.717) is 0 Å². The first-order valence-corrected chi connectivity index (χ1v) is 5.86. The summed E-state index contributed by atoms with van der Waals surface area (Å²) < 4.78 is 26.9. The minimum atomic E-state index is -0.581. The predicted molar refractivity (Wildman–Crippen MR) is 64.5 cm³/mol. The number of urea groups is 1. The van der Waals surface area contributed by atoms with Gasteiger partial charge in [0, 0.05) is 19.2 Å². The lowest BCUT2D eigenvalue weighted by Crippen LogP contribution is -2.33. The van der Waals surface area contributed by atoms with Gasteiger partial charge in [0.05, 0.1) is 12.6 Å². The van der Waals surface area contributed by atoms with Gasteiger partial charge in [0.2, 0.25) is 0 Å². The average molecular weight is 268 g/mol. The van der Waals surface area contributed by atoms with Gasteiger partial charge in [0.15, 0.2) is 0 Å². The molecule has 1 heterocycles. The molecule has 1 saturated heterocycles. The van der Waals surface area contributed by atoms with Gasteiger partial charge in [-0.3, -0.25) is 4.79 Å². The highest BCUT2D eigenvalue weighted by Gasteiger charge is 2.37. The fourth-order valence-corrected chi connectivity index (χ4v) is 2.24. The first-order valence-electron chi connectivity index (χ1n) is 5.86. The molecule has 0 bridgehead atoms. The molecule has 6 heteroatoms. The van der Waals surface area contributed by atoms with E-state index < -0.39 is 17.7 Å². The molecule has 2 rings (SSSR count). The van der Waals surface area contributed by atoms with Gasteiger partial charge in [0.1, 0.15) is 17.4 Å². The van der Waals surface area contributed by atoms with Crippen molar-refractivity contribution in [1.29, 1.82) is 0 Å². The zero-order valence-electron chi connectivity index (χ0n) is 10.7. The molecule has 1 aromatic rings. The first-order chi connectivity index (χ1) is 8.90. The summed E-state index contributed by atoms with van der Waals surface area (Å²) in [6.45, 7) is 1.54.